The Morgan fingerprint density at radius 2 is 2.04 bits per heavy atom. The van der Waals surface area contributed by atoms with E-state index in [-0.39, 0.29) is 5.56 Å². The third-order valence-electron chi connectivity index (χ3n) is 3.68. The summed E-state index contributed by atoms with van der Waals surface area (Å²) in [6.07, 6.45) is 5.06. The van der Waals surface area contributed by atoms with Crippen LogP contribution in [0.4, 0.5) is 15.8 Å². The highest BCUT2D eigenvalue weighted by Crippen LogP contribution is 2.25. The number of halogens is 2. The SMILES string of the molecule is CN(C)c1ccc(C(=O)Nc2ccc(-n3ccnc3)c(Cl)c2)cc1F. The summed E-state index contributed by atoms with van der Waals surface area (Å²) in [5, 5.41) is 3.18. The lowest BCUT2D eigenvalue weighted by molar-refractivity contribution is 0.102. The summed E-state index contributed by atoms with van der Waals surface area (Å²) in [5.74, 6) is -0.859. The van der Waals surface area contributed by atoms with Crippen LogP contribution in [0.2, 0.25) is 5.02 Å². The Morgan fingerprint density at radius 3 is 2.64 bits per heavy atom. The van der Waals surface area contributed by atoms with Gasteiger partial charge in [0, 0.05) is 37.7 Å². The van der Waals surface area contributed by atoms with Crippen molar-refractivity contribution in [2.75, 3.05) is 24.3 Å². The third kappa shape index (κ3) is 3.64. The van der Waals surface area contributed by atoms with Gasteiger partial charge in [-0.25, -0.2) is 9.37 Å². The molecule has 0 bridgehead atoms. The summed E-state index contributed by atoms with van der Waals surface area (Å²) in [6.45, 7) is 0. The molecule has 1 amide bonds. The number of benzene rings is 2. The lowest BCUT2D eigenvalue weighted by Gasteiger charge is -2.14. The van der Waals surface area contributed by atoms with Crippen LogP contribution in [0.15, 0.2) is 55.1 Å². The predicted octanol–water partition coefficient (Wildman–Crippen LogP) is 3.98. The second kappa shape index (κ2) is 6.94. The largest absolute Gasteiger partial charge is 0.375 e. The highest BCUT2D eigenvalue weighted by Gasteiger charge is 2.12. The van der Waals surface area contributed by atoms with Gasteiger partial charge in [-0.1, -0.05) is 11.6 Å². The van der Waals surface area contributed by atoms with E-state index in [2.05, 4.69) is 10.3 Å². The zero-order chi connectivity index (χ0) is 18.0. The Morgan fingerprint density at radius 1 is 1.24 bits per heavy atom. The molecule has 7 heteroatoms. The number of rotatable bonds is 4. The van der Waals surface area contributed by atoms with Crippen LogP contribution in [-0.4, -0.2) is 29.6 Å². The number of imidazole rings is 1. The molecule has 25 heavy (non-hydrogen) atoms. The Kier molecular flexibility index (Phi) is 4.72. The van der Waals surface area contributed by atoms with E-state index in [1.807, 2.05) is 0 Å². The van der Waals surface area contributed by atoms with E-state index in [0.717, 1.165) is 5.69 Å². The number of anilines is 2. The number of carbonyl (C=O) groups is 1. The maximum atomic E-state index is 14.0. The second-order valence-electron chi connectivity index (χ2n) is 5.65. The van der Waals surface area contributed by atoms with Gasteiger partial charge in [-0.15, -0.1) is 0 Å². The van der Waals surface area contributed by atoms with E-state index in [1.165, 1.54) is 6.07 Å². The standard InChI is InChI=1S/C18H16ClFN4O/c1-23(2)17-5-3-12(9-15(17)20)18(25)22-13-4-6-16(14(19)10-13)24-8-7-21-11-24/h3-11H,1-2H3,(H,22,25). The molecule has 2 aromatic carbocycles. The molecule has 0 saturated heterocycles. The van der Waals surface area contributed by atoms with Crippen molar-refractivity contribution >= 4 is 28.9 Å². The number of amides is 1. The first-order valence-corrected chi connectivity index (χ1v) is 7.89. The maximum absolute atomic E-state index is 14.0. The molecule has 0 aliphatic rings. The quantitative estimate of drug-likeness (QED) is 0.767. The number of hydrogen-bond donors (Lipinski definition) is 1. The lowest BCUT2D eigenvalue weighted by Crippen LogP contribution is -2.14. The molecule has 1 N–H and O–H groups in total. The Labute approximate surface area is 149 Å². The highest BCUT2D eigenvalue weighted by molar-refractivity contribution is 6.32. The zero-order valence-corrected chi connectivity index (χ0v) is 14.5. The average Bonchev–Trinajstić information content (AvgIpc) is 3.08. The molecule has 1 aromatic heterocycles. The molecule has 0 radical (unpaired) electrons. The van der Waals surface area contributed by atoms with E-state index in [9.17, 15) is 9.18 Å². The van der Waals surface area contributed by atoms with E-state index in [0.29, 0.717) is 16.4 Å². The van der Waals surface area contributed by atoms with Crippen LogP contribution in [-0.2, 0) is 0 Å². The van der Waals surface area contributed by atoms with E-state index in [4.69, 9.17) is 11.6 Å². The molecule has 5 nitrogen and oxygen atoms in total. The molecule has 0 fully saturated rings. The van der Waals surface area contributed by atoms with E-state index in [1.54, 1.807) is 72.6 Å². The second-order valence-corrected chi connectivity index (χ2v) is 6.06. The van der Waals surface area contributed by atoms with Crippen LogP contribution < -0.4 is 10.2 Å². The van der Waals surface area contributed by atoms with Crippen molar-refractivity contribution < 1.29 is 9.18 Å². The molecule has 0 unspecified atom stereocenters. The van der Waals surface area contributed by atoms with Crippen molar-refractivity contribution in [1.82, 2.24) is 9.55 Å². The zero-order valence-electron chi connectivity index (χ0n) is 13.7. The number of nitrogens with zero attached hydrogens (tertiary/aromatic N) is 3. The van der Waals surface area contributed by atoms with Gasteiger partial charge in [0.25, 0.3) is 5.91 Å². The van der Waals surface area contributed by atoms with Gasteiger partial charge in [-0.3, -0.25) is 4.79 Å². The van der Waals surface area contributed by atoms with Gasteiger partial charge in [-0.2, -0.15) is 0 Å². The van der Waals surface area contributed by atoms with Crippen LogP contribution >= 0.6 is 11.6 Å². The fraction of sp³-hybridized carbons (Fsp3) is 0.111. The fourth-order valence-electron chi connectivity index (χ4n) is 2.41. The molecule has 3 rings (SSSR count). The first-order valence-electron chi connectivity index (χ1n) is 7.52. The smallest absolute Gasteiger partial charge is 0.255 e. The predicted molar refractivity (Wildman–Crippen MR) is 97.3 cm³/mol. The summed E-state index contributed by atoms with van der Waals surface area (Å²) in [5.41, 5.74) is 1.93. The Bertz CT molecular complexity index is 909. The van der Waals surface area contributed by atoms with Crippen LogP contribution in [0, 0.1) is 5.82 Å². The maximum Gasteiger partial charge on any atom is 0.255 e. The van der Waals surface area contributed by atoms with Crippen LogP contribution in [0.25, 0.3) is 5.69 Å². The van der Waals surface area contributed by atoms with Crippen molar-refractivity contribution in [2.45, 2.75) is 0 Å². The molecule has 0 saturated carbocycles. The average molecular weight is 359 g/mol. The normalized spacial score (nSPS) is 10.6. The van der Waals surface area contributed by atoms with Gasteiger partial charge < -0.3 is 14.8 Å². The molecule has 3 aromatic rings. The van der Waals surface area contributed by atoms with Gasteiger partial charge in [0.05, 0.1) is 22.7 Å². The lowest BCUT2D eigenvalue weighted by atomic mass is 10.1. The Balaban J connectivity index is 1.79. The number of hydrogen-bond acceptors (Lipinski definition) is 3. The van der Waals surface area contributed by atoms with Gasteiger partial charge in [0.2, 0.25) is 0 Å². The summed E-state index contributed by atoms with van der Waals surface area (Å²) >= 11 is 6.27. The minimum absolute atomic E-state index is 0.234. The van der Waals surface area contributed by atoms with Gasteiger partial charge in [-0.05, 0) is 36.4 Å². The molecular formula is C18H16ClFN4O. The summed E-state index contributed by atoms with van der Waals surface area (Å²) in [6, 6.07) is 9.50. The molecular weight excluding hydrogens is 343 g/mol. The first-order chi connectivity index (χ1) is 12.0. The topological polar surface area (TPSA) is 50.2 Å². The molecule has 128 valence electrons. The minimum atomic E-state index is -0.453. The van der Waals surface area contributed by atoms with Gasteiger partial charge >= 0.3 is 0 Å². The number of aromatic nitrogens is 2. The number of carbonyl (C=O) groups excluding carboxylic acids is 1. The van der Waals surface area contributed by atoms with Crippen molar-refractivity contribution in [3.63, 3.8) is 0 Å². The van der Waals surface area contributed by atoms with Crippen LogP contribution in [0.5, 0.6) is 0 Å². The molecule has 0 atom stereocenters. The monoisotopic (exact) mass is 358 g/mol. The summed E-state index contributed by atoms with van der Waals surface area (Å²) in [4.78, 5) is 17.9. The van der Waals surface area contributed by atoms with E-state index < -0.39 is 11.7 Å². The molecule has 0 aliphatic carbocycles. The molecule has 1 heterocycles. The van der Waals surface area contributed by atoms with Crippen molar-refractivity contribution in [3.05, 3.63) is 71.5 Å². The van der Waals surface area contributed by atoms with Crippen LogP contribution in [0.3, 0.4) is 0 Å². The summed E-state index contributed by atoms with van der Waals surface area (Å²) in [7, 11) is 3.48. The molecule has 0 aliphatic heterocycles. The highest BCUT2D eigenvalue weighted by atomic mass is 35.5. The van der Waals surface area contributed by atoms with Crippen molar-refractivity contribution in [1.29, 1.82) is 0 Å². The van der Waals surface area contributed by atoms with Crippen molar-refractivity contribution in [2.24, 2.45) is 0 Å². The van der Waals surface area contributed by atoms with Crippen molar-refractivity contribution in [3.8, 4) is 5.69 Å². The fourth-order valence-corrected chi connectivity index (χ4v) is 2.69. The minimum Gasteiger partial charge on any atom is -0.375 e. The van der Waals surface area contributed by atoms with Gasteiger partial charge in [0.15, 0.2) is 0 Å². The molecule has 0 spiro atoms. The van der Waals surface area contributed by atoms with Crippen LogP contribution in [0.1, 0.15) is 10.4 Å². The first kappa shape index (κ1) is 17.0. The number of nitrogens with one attached hydrogen (secondary N) is 1. The third-order valence-corrected chi connectivity index (χ3v) is 3.98. The van der Waals surface area contributed by atoms with Gasteiger partial charge in [0.1, 0.15) is 5.82 Å². The Hall–Kier alpha value is -2.86. The van der Waals surface area contributed by atoms with E-state index >= 15 is 0 Å². The summed E-state index contributed by atoms with van der Waals surface area (Å²) < 4.78 is 15.8.